The van der Waals surface area contributed by atoms with Crippen LogP contribution in [0.5, 0.6) is 5.75 Å². The van der Waals surface area contributed by atoms with Gasteiger partial charge in [-0.15, -0.1) is 10.2 Å². The number of nitrogens with one attached hydrogen (secondary N) is 1. The molecule has 0 spiro atoms. The summed E-state index contributed by atoms with van der Waals surface area (Å²) < 4.78 is 5.61. The Labute approximate surface area is 145 Å². The van der Waals surface area contributed by atoms with Gasteiger partial charge in [0.1, 0.15) is 11.3 Å². The third kappa shape index (κ3) is 6.08. The number of rotatable bonds is 10. The maximum absolute atomic E-state index is 12.1. The normalized spacial score (nSPS) is 10.4. The van der Waals surface area contributed by atoms with Crippen molar-refractivity contribution in [3.8, 4) is 5.75 Å². The first-order chi connectivity index (χ1) is 11.7. The predicted molar refractivity (Wildman–Crippen MR) is 93.6 cm³/mol. The van der Waals surface area contributed by atoms with Gasteiger partial charge in [-0.2, -0.15) is 0 Å². The summed E-state index contributed by atoms with van der Waals surface area (Å²) >= 11 is 1.24. The Morgan fingerprint density at radius 3 is 2.62 bits per heavy atom. The van der Waals surface area contributed by atoms with Crippen LogP contribution in [0.4, 0.5) is 5.13 Å². The molecule has 0 saturated heterocycles. The van der Waals surface area contributed by atoms with Crippen LogP contribution in [0.2, 0.25) is 0 Å². The van der Waals surface area contributed by atoms with Gasteiger partial charge in [0.15, 0.2) is 5.78 Å². The van der Waals surface area contributed by atoms with Gasteiger partial charge < -0.3 is 10.1 Å². The van der Waals surface area contributed by atoms with Crippen LogP contribution < -0.4 is 10.1 Å². The van der Waals surface area contributed by atoms with E-state index < -0.39 is 0 Å². The monoisotopic (exact) mass is 347 g/mol. The van der Waals surface area contributed by atoms with Gasteiger partial charge in [-0.3, -0.25) is 9.59 Å². The van der Waals surface area contributed by atoms with Crippen LogP contribution in [0.1, 0.15) is 49.4 Å². The molecule has 2 aromatic rings. The zero-order chi connectivity index (χ0) is 17.2. The molecule has 0 bridgehead atoms. The number of amides is 1. The Balaban J connectivity index is 1.74. The summed E-state index contributed by atoms with van der Waals surface area (Å²) in [5, 5.41) is 10.4. The van der Waals surface area contributed by atoms with Gasteiger partial charge in [0, 0.05) is 18.4 Å². The van der Waals surface area contributed by atoms with Crippen LogP contribution in [0.15, 0.2) is 29.8 Å². The first kappa shape index (κ1) is 18.1. The second-order valence-electron chi connectivity index (χ2n) is 5.30. The number of anilines is 1. The number of nitrogens with zero attached hydrogens (tertiary/aromatic N) is 2. The van der Waals surface area contributed by atoms with Crippen molar-refractivity contribution in [2.75, 3.05) is 11.9 Å². The molecule has 2 rings (SSSR count). The van der Waals surface area contributed by atoms with E-state index in [0.29, 0.717) is 17.3 Å². The average molecular weight is 347 g/mol. The van der Waals surface area contributed by atoms with Crippen LogP contribution in [0.3, 0.4) is 0 Å². The third-order valence-electron chi connectivity index (χ3n) is 3.38. The highest BCUT2D eigenvalue weighted by Gasteiger charge is 2.10. The molecule has 0 aliphatic carbocycles. The summed E-state index contributed by atoms with van der Waals surface area (Å²) in [4.78, 5) is 23.8. The van der Waals surface area contributed by atoms with Gasteiger partial charge in [-0.25, -0.2) is 0 Å². The van der Waals surface area contributed by atoms with Gasteiger partial charge in [0.05, 0.1) is 6.61 Å². The van der Waals surface area contributed by atoms with E-state index in [0.717, 1.165) is 25.0 Å². The fourth-order valence-corrected chi connectivity index (χ4v) is 2.52. The summed E-state index contributed by atoms with van der Waals surface area (Å²) in [7, 11) is 0. The van der Waals surface area contributed by atoms with Crippen LogP contribution >= 0.6 is 11.3 Å². The van der Waals surface area contributed by atoms with Gasteiger partial charge >= 0.3 is 0 Å². The van der Waals surface area contributed by atoms with E-state index in [1.807, 2.05) is 0 Å². The standard InChI is InChI=1S/C17H21N3O3S/c1-2-3-4-11-23-14-7-5-13(6-8-14)15(21)9-10-16(22)19-17-20-18-12-24-17/h5-8,12H,2-4,9-11H2,1H3,(H,19,20,22). The molecular formula is C17H21N3O3S. The molecule has 1 aromatic carbocycles. The smallest absolute Gasteiger partial charge is 0.226 e. The first-order valence-corrected chi connectivity index (χ1v) is 8.89. The average Bonchev–Trinajstić information content (AvgIpc) is 3.10. The van der Waals surface area contributed by atoms with Gasteiger partial charge in [-0.1, -0.05) is 31.1 Å². The highest BCUT2D eigenvalue weighted by atomic mass is 32.1. The zero-order valence-electron chi connectivity index (χ0n) is 13.7. The molecule has 1 amide bonds. The summed E-state index contributed by atoms with van der Waals surface area (Å²) in [6.07, 6.45) is 3.61. The summed E-state index contributed by atoms with van der Waals surface area (Å²) in [6, 6.07) is 7.06. The predicted octanol–water partition coefficient (Wildman–Crippen LogP) is 3.71. The van der Waals surface area contributed by atoms with Crippen molar-refractivity contribution in [2.45, 2.75) is 39.0 Å². The van der Waals surface area contributed by atoms with E-state index in [-0.39, 0.29) is 24.5 Å². The van der Waals surface area contributed by atoms with E-state index in [1.165, 1.54) is 16.8 Å². The number of hydrogen-bond acceptors (Lipinski definition) is 6. The molecule has 0 radical (unpaired) electrons. The summed E-state index contributed by atoms with van der Waals surface area (Å²) in [5.74, 6) is 0.451. The Bertz CT molecular complexity index is 642. The Hall–Kier alpha value is -2.28. The molecule has 0 saturated carbocycles. The molecular weight excluding hydrogens is 326 g/mol. The lowest BCUT2D eigenvalue weighted by Crippen LogP contribution is -2.13. The number of ketones is 1. The largest absolute Gasteiger partial charge is 0.494 e. The van der Waals surface area contributed by atoms with Crippen LogP contribution in [-0.4, -0.2) is 28.5 Å². The molecule has 6 nitrogen and oxygen atoms in total. The molecule has 1 N–H and O–H groups in total. The van der Waals surface area contributed by atoms with Crippen molar-refractivity contribution in [3.05, 3.63) is 35.3 Å². The molecule has 0 aliphatic rings. The number of ether oxygens (including phenoxy) is 1. The van der Waals surface area contributed by atoms with Crippen LogP contribution in [0.25, 0.3) is 0 Å². The minimum Gasteiger partial charge on any atom is -0.494 e. The maximum Gasteiger partial charge on any atom is 0.226 e. The summed E-state index contributed by atoms with van der Waals surface area (Å²) in [6.45, 7) is 2.83. The van der Waals surface area contributed by atoms with E-state index in [2.05, 4.69) is 22.4 Å². The molecule has 0 fully saturated rings. The minimum absolute atomic E-state index is 0.0695. The molecule has 0 unspecified atom stereocenters. The van der Waals surface area contributed by atoms with Gasteiger partial charge in [0.25, 0.3) is 0 Å². The van der Waals surface area contributed by atoms with Crippen molar-refractivity contribution in [1.82, 2.24) is 10.2 Å². The minimum atomic E-state index is -0.240. The number of carbonyl (C=O) groups excluding carboxylic acids is 2. The van der Waals surface area contributed by atoms with Crippen molar-refractivity contribution in [1.29, 1.82) is 0 Å². The fraction of sp³-hybridized carbons (Fsp3) is 0.412. The van der Waals surface area contributed by atoms with Crippen molar-refractivity contribution >= 4 is 28.2 Å². The molecule has 128 valence electrons. The number of unbranched alkanes of at least 4 members (excludes halogenated alkanes) is 2. The number of Topliss-reactive ketones (excluding diaryl/α,β-unsaturated/α-hetero) is 1. The lowest BCUT2D eigenvalue weighted by Gasteiger charge is -2.06. The third-order valence-corrected chi connectivity index (χ3v) is 3.99. The van der Waals surface area contributed by atoms with E-state index >= 15 is 0 Å². The van der Waals surface area contributed by atoms with E-state index in [4.69, 9.17) is 4.74 Å². The number of hydrogen-bond donors (Lipinski definition) is 1. The maximum atomic E-state index is 12.1. The summed E-state index contributed by atoms with van der Waals surface area (Å²) in [5.41, 5.74) is 2.12. The second kappa shape index (κ2) is 9.77. The van der Waals surface area contributed by atoms with Gasteiger partial charge in [0.2, 0.25) is 11.0 Å². The Kier molecular flexibility index (Phi) is 7.35. The Morgan fingerprint density at radius 2 is 1.96 bits per heavy atom. The highest BCUT2D eigenvalue weighted by Crippen LogP contribution is 2.15. The van der Waals surface area contributed by atoms with Crippen molar-refractivity contribution < 1.29 is 14.3 Å². The number of aromatic nitrogens is 2. The van der Waals surface area contributed by atoms with Crippen LogP contribution in [-0.2, 0) is 4.79 Å². The van der Waals surface area contributed by atoms with Crippen molar-refractivity contribution in [3.63, 3.8) is 0 Å². The molecule has 1 aromatic heterocycles. The Morgan fingerprint density at radius 1 is 1.17 bits per heavy atom. The molecule has 1 heterocycles. The molecule has 24 heavy (non-hydrogen) atoms. The van der Waals surface area contributed by atoms with Crippen LogP contribution in [0, 0.1) is 0 Å². The quantitative estimate of drug-likeness (QED) is 0.523. The van der Waals surface area contributed by atoms with Crippen molar-refractivity contribution in [2.24, 2.45) is 0 Å². The molecule has 0 atom stereocenters. The highest BCUT2D eigenvalue weighted by molar-refractivity contribution is 7.13. The lowest BCUT2D eigenvalue weighted by atomic mass is 10.1. The lowest BCUT2D eigenvalue weighted by molar-refractivity contribution is -0.116. The molecule has 7 heteroatoms. The topological polar surface area (TPSA) is 81.2 Å². The SMILES string of the molecule is CCCCCOc1ccc(C(=O)CCC(=O)Nc2nncs2)cc1. The second-order valence-corrected chi connectivity index (χ2v) is 6.13. The first-order valence-electron chi connectivity index (χ1n) is 8.01. The molecule has 0 aliphatic heterocycles. The number of benzene rings is 1. The number of carbonyl (C=O) groups is 2. The zero-order valence-corrected chi connectivity index (χ0v) is 14.5. The van der Waals surface area contributed by atoms with E-state index in [9.17, 15) is 9.59 Å². The fourth-order valence-electron chi connectivity index (χ4n) is 2.06. The van der Waals surface area contributed by atoms with E-state index in [1.54, 1.807) is 24.3 Å². The van der Waals surface area contributed by atoms with Gasteiger partial charge in [-0.05, 0) is 30.7 Å².